The Morgan fingerprint density at radius 1 is 1.41 bits per heavy atom. The summed E-state index contributed by atoms with van der Waals surface area (Å²) in [4.78, 5) is 2.57. The van der Waals surface area contributed by atoms with Gasteiger partial charge in [-0.05, 0) is 44.2 Å². The molecule has 3 nitrogen and oxygen atoms in total. The topological polar surface area (TPSA) is 24.5 Å². The summed E-state index contributed by atoms with van der Waals surface area (Å²) in [5, 5.41) is 3.51. The van der Waals surface area contributed by atoms with Crippen molar-refractivity contribution in [3.05, 3.63) is 0 Å². The second-order valence-corrected chi connectivity index (χ2v) is 5.47. The third kappa shape index (κ3) is 4.74. The van der Waals surface area contributed by atoms with Crippen molar-refractivity contribution in [3.63, 3.8) is 0 Å². The van der Waals surface area contributed by atoms with E-state index in [-0.39, 0.29) is 12.4 Å². The molecular weight excluding hydrogens is 236 g/mol. The second-order valence-electron chi connectivity index (χ2n) is 5.47. The van der Waals surface area contributed by atoms with Gasteiger partial charge in [-0.2, -0.15) is 0 Å². The van der Waals surface area contributed by atoms with Crippen LogP contribution >= 0.6 is 12.4 Å². The van der Waals surface area contributed by atoms with E-state index in [9.17, 15) is 0 Å². The fourth-order valence-corrected chi connectivity index (χ4v) is 2.82. The van der Waals surface area contributed by atoms with E-state index >= 15 is 0 Å². The van der Waals surface area contributed by atoms with Crippen LogP contribution in [0.15, 0.2) is 0 Å². The molecule has 2 heterocycles. The number of nitrogens with one attached hydrogen (secondary N) is 1. The molecule has 0 spiro atoms. The summed E-state index contributed by atoms with van der Waals surface area (Å²) in [6.07, 6.45) is 4.26. The maximum absolute atomic E-state index is 5.83. The van der Waals surface area contributed by atoms with Crippen LogP contribution in [0.25, 0.3) is 0 Å². The van der Waals surface area contributed by atoms with E-state index in [1.165, 1.54) is 38.9 Å². The normalized spacial score (nSPS) is 35.3. The first-order valence-corrected chi connectivity index (χ1v) is 6.85. The van der Waals surface area contributed by atoms with E-state index in [1.54, 1.807) is 0 Å². The van der Waals surface area contributed by atoms with E-state index in [1.807, 2.05) is 0 Å². The number of piperidine rings is 1. The SMILES string of the molecule is CCN1CCCC(CC2NCC(C)CO2)C1.Cl. The number of rotatable bonds is 3. The molecule has 0 aromatic rings. The van der Waals surface area contributed by atoms with Crippen LogP contribution in [0.3, 0.4) is 0 Å². The molecule has 2 aliphatic rings. The lowest BCUT2D eigenvalue weighted by Crippen LogP contribution is -2.45. The van der Waals surface area contributed by atoms with Crippen LogP contribution in [0.1, 0.15) is 33.1 Å². The monoisotopic (exact) mass is 262 g/mol. The molecule has 0 radical (unpaired) electrons. The third-order valence-corrected chi connectivity index (χ3v) is 3.87. The minimum absolute atomic E-state index is 0. The lowest BCUT2D eigenvalue weighted by Gasteiger charge is -2.36. The minimum atomic E-state index is 0. The zero-order valence-corrected chi connectivity index (χ0v) is 12.0. The highest BCUT2D eigenvalue weighted by Gasteiger charge is 2.25. The first kappa shape index (κ1) is 15.2. The molecular formula is C13H27ClN2O. The molecule has 4 heteroatoms. The van der Waals surface area contributed by atoms with Gasteiger partial charge in [0.25, 0.3) is 0 Å². The molecule has 2 rings (SSSR count). The number of hydrogen-bond donors (Lipinski definition) is 1. The predicted molar refractivity (Wildman–Crippen MR) is 73.6 cm³/mol. The van der Waals surface area contributed by atoms with Crippen molar-refractivity contribution in [3.8, 4) is 0 Å². The highest BCUT2D eigenvalue weighted by atomic mass is 35.5. The zero-order chi connectivity index (χ0) is 11.4. The Labute approximate surface area is 112 Å². The van der Waals surface area contributed by atoms with E-state index in [4.69, 9.17) is 4.74 Å². The van der Waals surface area contributed by atoms with Gasteiger partial charge in [0.05, 0.1) is 6.61 Å². The van der Waals surface area contributed by atoms with Gasteiger partial charge in [-0.1, -0.05) is 13.8 Å². The van der Waals surface area contributed by atoms with Crippen molar-refractivity contribution in [1.29, 1.82) is 0 Å². The summed E-state index contributed by atoms with van der Waals surface area (Å²) in [5.74, 6) is 1.51. The quantitative estimate of drug-likeness (QED) is 0.843. The molecule has 1 N–H and O–H groups in total. The molecule has 2 aliphatic heterocycles. The van der Waals surface area contributed by atoms with E-state index in [2.05, 4.69) is 24.1 Å². The number of likely N-dealkylation sites (tertiary alicyclic amines) is 1. The largest absolute Gasteiger partial charge is 0.363 e. The average Bonchev–Trinajstić information content (AvgIpc) is 2.32. The van der Waals surface area contributed by atoms with E-state index in [0.717, 1.165) is 19.1 Å². The first-order valence-electron chi connectivity index (χ1n) is 6.85. The second kappa shape index (κ2) is 7.57. The Morgan fingerprint density at radius 2 is 2.24 bits per heavy atom. The van der Waals surface area contributed by atoms with Crippen LogP contribution < -0.4 is 5.32 Å². The van der Waals surface area contributed by atoms with Crippen molar-refractivity contribution in [2.75, 3.05) is 32.8 Å². The Hall–Kier alpha value is 0.170. The molecule has 0 aromatic heterocycles. The number of nitrogens with zero attached hydrogens (tertiary/aromatic N) is 1. The summed E-state index contributed by atoms with van der Waals surface area (Å²) in [7, 11) is 0. The van der Waals surface area contributed by atoms with Crippen LogP contribution in [0, 0.1) is 11.8 Å². The van der Waals surface area contributed by atoms with Gasteiger partial charge in [0.2, 0.25) is 0 Å². The molecule has 3 unspecified atom stereocenters. The average molecular weight is 263 g/mol. The predicted octanol–water partition coefficient (Wildman–Crippen LogP) is 2.11. The van der Waals surface area contributed by atoms with Crippen molar-refractivity contribution in [2.24, 2.45) is 11.8 Å². The van der Waals surface area contributed by atoms with E-state index < -0.39 is 0 Å². The molecule has 0 aliphatic carbocycles. The van der Waals surface area contributed by atoms with Crippen LogP contribution in [-0.4, -0.2) is 43.9 Å². The van der Waals surface area contributed by atoms with Crippen molar-refractivity contribution >= 4 is 12.4 Å². The first-order chi connectivity index (χ1) is 7.78. The smallest absolute Gasteiger partial charge is 0.108 e. The molecule has 0 aromatic carbocycles. The Bertz CT molecular complexity index is 208. The molecule has 3 atom stereocenters. The van der Waals surface area contributed by atoms with Crippen molar-refractivity contribution in [2.45, 2.75) is 39.3 Å². The van der Waals surface area contributed by atoms with Gasteiger partial charge in [0.15, 0.2) is 0 Å². The zero-order valence-electron chi connectivity index (χ0n) is 11.2. The van der Waals surface area contributed by atoms with Gasteiger partial charge in [-0.25, -0.2) is 0 Å². The van der Waals surface area contributed by atoms with Crippen LogP contribution in [0.4, 0.5) is 0 Å². The standard InChI is InChI=1S/C13H26N2O.ClH/c1-3-15-6-4-5-12(9-15)7-13-14-8-11(2)10-16-13;/h11-14H,3-10H2,1-2H3;1H. The van der Waals surface area contributed by atoms with E-state index in [0.29, 0.717) is 12.1 Å². The fraction of sp³-hybridized carbons (Fsp3) is 1.00. The van der Waals surface area contributed by atoms with Crippen molar-refractivity contribution in [1.82, 2.24) is 10.2 Å². The molecule has 17 heavy (non-hydrogen) atoms. The summed E-state index contributed by atoms with van der Waals surface area (Å²) in [5.41, 5.74) is 0. The third-order valence-electron chi connectivity index (χ3n) is 3.87. The molecule has 102 valence electrons. The highest BCUT2D eigenvalue weighted by Crippen LogP contribution is 2.22. The number of ether oxygens (including phenoxy) is 1. The number of halogens is 1. The molecule has 0 bridgehead atoms. The minimum Gasteiger partial charge on any atom is -0.363 e. The molecule has 0 amide bonds. The summed E-state index contributed by atoms with van der Waals surface area (Å²) in [6.45, 7) is 10.3. The molecule has 0 saturated carbocycles. The number of hydrogen-bond acceptors (Lipinski definition) is 3. The van der Waals surface area contributed by atoms with Crippen LogP contribution in [-0.2, 0) is 4.74 Å². The van der Waals surface area contributed by atoms with Gasteiger partial charge in [-0.3, -0.25) is 5.32 Å². The summed E-state index contributed by atoms with van der Waals surface area (Å²) < 4.78 is 5.83. The fourth-order valence-electron chi connectivity index (χ4n) is 2.82. The maximum Gasteiger partial charge on any atom is 0.108 e. The molecule has 2 fully saturated rings. The van der Waals surface area contributed by atoms with Crippen LogP contribution in [0.5, 0.6) is 0 Å². The maximum atomic E-state index is 5.83. The Kier molecular flexibility index (Phi) is 6.78. The Morgan fingerprint density at radius 3 is 2.88 bits per heavy atom. The lowest BCUT2D eigenvalue weighted by molar-refractivity contribution is -0.0411. The summed E-state index contributed by atoms with van der Waals surface area (Å²) in [6, 6.07) is 0. The van der Waals surface area contributed by atoms with Gasteiger partial charge in [0.1, 0.15) is 6.23 Å². The highest BCUT2D eigenvalue weighted by molar-refractivity contribution is 5.85. The van der Waals surface area contributed by atoms with Gasteiger partial charge in [0, 0.05) is 13.1 Å². The van der Waals surface area contributed by atoms with Gasteiger partial charge in [-0.15, -0.1) is 12.4 Å². The van der Waals surface area contributed by atoms with Gasteiger partial charge < -0.3 is 9.64 Å². The molecule has 2 saturated heterocycles. The van der Waals surface area contributed by atoms with Crippen molar-refractivity contribution < 1.29 is 4.74 Å². The van der Waals surface area contributed by atoms with Crippen LogP contribution in [0.2, 0.25) is 0 Å². The van der Waals surface area contributed by atoms with Gasteiger partial charge >= 0.3 is 0 Å². The Balaban J connectivity index is 0.00000144. The summed E-state index contributed by atoms with van der Waals surface area (Å²) >= 11 is 0. The lowest BCUT2D eigenvalue weighted by atomic mass is 9.93.